The molecule has 0 radical (unpaired) electrons. The van der Waals surface area contributed by atoms with Gasteiger partial charge in [0, 0.05) is 25.0 Å². The number of aromatic nitrogens is 3. The monoisotopic (exact) mass is 380 g/mol. The normalized spacial score (nSPS) is 14.7. The second-order valence-corrected chi connectivity index (χ2v) is 7.34. The fourth-order valence-electron chi connectivity index (χ4n) is 3.48. The van der Waals surface area contributed by atoms with Gasteiger partial charge in [-0.15, -0.1) is 0 Å². The van der Waals surface area contributed by atoms with Crippen molar-refractivity contribution in [2.75, 3.05) is 13.1 Å². The van der Waals surface area contributed by atoms with E-state index < -0.39 is 0 Å². The molecule has 0 amide bonds. The molecule has 6 nitrogen and oxygen atoms in total. The maximum atomic E-state index is 4.70. The molecule has 2 heterocycles. The van der Waals surface area contributed by atoms with Crippen LogP contribution in [0.2, 0.25) is 0 Å². The summed E-state index contributed by atoms with van der Waals surface area (Å²) in [6.45, 7) is 8.49. The number of aryl methyl sites for hydroxylation is 2. The van der Waals surface area contributed by atoms with Gasteiger partial charge in [-0.05, 0) is 70.6 Å². The van der Waals surface area contributed by atoms with Crippen molar-refractivity contribution in [2.24, 2.45) is 4.99 Å². The van der Waals surface area contributed by atoms with E-state index in [1.165, 1.54) is 25.7 Å². The second kappa shape index (κ2) is 10.1. The van der Waals surface area contributed by atoms with Crippen molar-refractivity contribution in [1.29, 1.82) is 0 Å². The van der Waals surface area contributed by atoms with Gasteiger partial charge in [0.05, 0.1) is 12.2 Å². The summed E-state index contributed by atoms with van der Waals surface area (Å²) in [7, 11) is 0. The largest absolute Gasteiger partial charge is 0.357 e. The highest BCUT2D eigenvalue weighted by molar-refractivity contribution is 5.79. The molecule has 0 atom stereocenters. The van der Waals surface area contributed by atoms with E-state index in [0.717, 1.165) is 48.2 Å². The molecule has 0 bridgehead atoms. The summed E-state index contributed by atoms with van der Waals surface area (Å²) in [5, 5.41) is 11.3. The standard InChI is InChI=1S/C22H32N6/c1-4-23-22(24-13-12-19-8-6-5-7-9-19)26-16-20-10-11-21(25-15-20)28-18(3)14-17(2)27-28/h8,10-11,14-15H,4-7,9,12-13,16H2,1-3H3,(H2,23,24,26). The Bertz CT molecular complexity index is 816. The van der Waals surface area contributed by atoms with E-state index in [9.17, 15) is 0 Å². The number of guanidine groups is 1. The van der Waals surface area contributed by atoms with Crippen molar-refractivity contribution in [3.63, 3.8) is 0 Å². The summed E-state index contributed by atoms with van der Waals surface area (Å²) >= 11 is 0. The topological polar surface area (TPSA) is 67.1 Å². The van der Waals surface area contributed by atoms with Gasteiger partial charge in [-0.25, -0.2) is 14.7 Å². The average Bonchev–Trinajstić information content (AvgIpc) is 3.05. The van der Waals surface area contributed by atoms with Crippen LogP contribution in [0.15, 0.2) is 41.0 Å². The Morgan fingerprint density at radius 2 is 2.11 bits per heavy atom. The molecule has 0 fully saturated rings. The first kappa shape index (κ1) is 20.1. The van der Waals surface area contributed by atoms with Crippen molar-refractivity contribution in [3.05, 3.63) is 53.0 Å². The molecule has 0 aliphatic heterocycles. The van der Waals surface area contributed by atoms with Crippen LogP contribution in [0.25, 0.3) is 5.82 Å². The van der Waals surface area contributed by atoms with Gasteiger partial charge in [0.15, 0.2) is 11.8 Å². The first-order chi connectivity index (χ1) is 13.7. The first-order valence-corrected chi connectivity index (χ1v) is 10.3. The van der Waals surface area contributed by atoms with E-state index in [-0.39, 0.29) is 0 Å². The van der Waals surface area contributed by atoms with Crippen LogP contribution in [0.3, 0.4) is 0 Å². The van der Waals surface area contributed by atoms with Crippen molar-refractivity contribution >= 4 is 5.96 Å². The highest BCUT2D eigenvalue weighted by Crippen LogP contribution is 2.19. The molecule has 3 rings (SSSR count). The van der Waals surface area contributed by atoms with Gasteiger partial charge < -0.3 is 10.6 Å². The molecule has 0 saturated carbocycles. The lowest BCUT2D eigenvalue weighted by molar-refractivity contribution is 0.665. The first-order valence-electron chi connectivity index (χ1n) is 10.3. The average molecular weight is 381 g/mol. The van der Waals surface area contributed by atoms with Crippen molar-refractivity contribution < 1.29 is 0 Å². The number of allylic oxidation sites excluding steroid dienone is 1. The Labute approximate surface area is 168 Å². The number of pyridine rings is 1. The summed E-state index contributed by atoms with van der Waals surface area (Å²) in [5.74, 6) is 1.70. The van der Waals surface area contributed by atoms with Gasteiger partial charge >= 0.3 is 0 Å². The Kier molecular flexibility index (Phi) is 7.23. The number of rotatable bonds is 7. The summed E-state index contributed by atoms with van der Waals surface area (Å²) in [5.41, 5.74) is 4.75. The maximum absolute atomic E-state index is 4.70. The van der Waals surface area contributed by atoms with Gasteiger partial charge in [-0.1, -0.05) is 17.7 Å². The fraction of sp³-hybridized carbons (Fsp3) is 0.500. The Balaban J connectivity index is 1.56. The van der Waals surface area contributed by atoms with Gasteiger partial charge in [0.1, 0.15) is 0 Å². The van der Waals surface area contributed by atoms with Crippen molar-refractivity contribution in [3.8, 4) is 5.82 Å². The maximum Gasteiger partial charge on any atom is 0.191 e. The zero-order valence-corrected chi connectivity index (χ0v) is 17.3. The van der Waals surface area contributed by atoms with Crippen LogP contribution >= 0.6 is 0 Å². The lowest BCUT2D eigenvalue weighted by Gasteiger charge is -2.15. The molecule has 0 aromatic carbocycles. The molecule has 150 valence electrons. The third kappa shape index (κ3) is 5.68. The number of hydrogen-bond donors (Lipinski definition) is 2. The molecule has 0 unspecified atom stereocenters. The van der Waals surface area contributed by atoms with Crippen LogP contribution in [-0.4, -0.2) is 33.8 Å². The minimum Gasteiger partial charge on any atom is -0.357 e. The summed E-state index contributed by atoms with van der Waals surface area (Å²) in [6, 6.07) is 6.12. The summed E-state index contributed by atoms with van der Waals surface area (Å²) in [4.78, 5) is 9.26. The molecule has 2 N–H and O–H groups in total. The van der Waals surface area contributed by atoms with Crippen LogP contribution in [0.5, 0.6) is 0 Å². The molecule has 1 aliphatic rings. The van der Waals surface area contributed by atoms with Crippen LogP contribution in [0, 0.1) is 13.8 Å². The van der Waals surface area contributed by atoms with E-state index in [0.29, 0.717) is 6.54 Å². The zero-order chi connectivity index (χ0) is 19.8. The van der Waals surface area contributed by atoms with Crippen molar-refractivity contribution in [2.45, 2.75) is 59.4 Å². The number of hydrogen-bond acceptors (Lipinski definition) is 3. The highest BCUT2D eigenvalue weighted by Gasteiger charge is 2.06. The third-order valence-corrected chi connectivity index (χ3v) is 4.92. The van der Waals surface area contributed by atoms with E-state index >= 15 is 0 Å². The van der Waals surface area contributed by atoms with Gasteiger partial charge in [-0.3, -0.25) is 0 Å². The fourth-order valence-corrected chi connectivity index (χ4v) is 3.48. The Hall–Kier alpha value is -2.63. The minimum atomic E-state index is 0.600. The molecular weight excluding hydrogens is 348 g/mol. The molecule has 2 aromatic rings. The molecule has 6 heteroatoms. The van der Waals surface area contributed by atoms with E-state index in [2.05, 4.69) is 45.8 Å². The van der Waals surface area contributed by atoms with Gasteiger partial charge in [-0.2, -0.15) is 5.10 Å². The predicted octanol–water partition coefficient (Wildman–Crippen LogP) is 3.83. The predicted molar refractivity (Wildman–Crippen MR) is 115 cm³/mol. The Morgan fingerprint density at radius 3 is 2.75 bits per heavy atom. The van der Waals surface area contributed by atoms with E-state index in [4.69, 9.17) is 4.99 Å². The SMILES string of the molecule is CCNC(=NCc1ccc(-n2nc(C)cc2C)nc1)NCCC1=CCCCC1. The second-order valence-electron chi connectivity index (χ2n) is 7.34. The molecule has 2 aromatic heterocycles. The molecule has 28 heavy (non-hydrogen) atoms. The van der Waals surface area contributed by atoms with E-state index in [1.54, 1.807) is 5.57 Å². The quantitative estimate of drug-likeness (QED) is 0.435. The summed E-state index contributed by atoms with van der Waals surface area (Å²) < 4.78 is 1.87. The lowest BCUT2D eigenvalue weighted by atomic mass is 9.97. The lowest BCUT2D eigenvalue weighted by Crippen LogP contribution is -2.37. The highest BCUT2D eigenvalue weighted by atomic mass is 15.3. The zero-order valence-electron chi connectivity index (χ0n) is 17.3. The summed E-state index contributed by atoms with van der Waals surface area (Å²) in [6.07, 6.45) is 10.6. The Morgan fingerprint density at radius 1 is 1.21 bits per heavy atom. The van der Waals surface area contributed by atoms with Crippen LogP contribution in [0.1, 0.15) is 56.0 Å². The number of nitrogens with one attached hydrogen (secondary N) is 2. The minimum absolute atomic E-state index is 0.600. The third-order valence-electron chi connectivity index (χ3n) is 4.92. The van der Waals surface area contributed by atoms with Crippen molar-refractivity contribution in [1.82, 2.24) is 25.4 Å². The molecule has 1 aliphatic carbocycles. The van der Waals surface area contributed by atoms with Gasteiger partial charge in [0.25, 0.3) is 0 Å². The van der Waals surface area contributed by atoms with Crippen LogP contribution in [-0.2, 0) is 6.54 Å². The van der Waals surface area contributed by atoms with Gasteiger partial charge in [0.2, 0.25) is 0 Å². The number of aliphatic imine (C=N–C) groups is 1. The molecular formula is C22H32N6. The smallest absolute Gasteiger partial charge is 0.191 e. The number of nitrogens with zero attached hydrogens (tertiary/aromatic N) is 4. The van der Waals surface area contributed by atoms with Crippen LogP contribution in [0.4, 0.5) is 0 Å². The molecule has 0 spiro atoms. The molecule has 0 saturated heterocycles. The van der Waals surface area contributed by atoms with E-state index in [1.807, 2.05) is 30.8 Å². The van der Waals surface area contributed by atoms with Crippen LogP contribution < -0.4 is 10.6 Å².